The summed E-state index contributed by atoms with van der Waals surface area (Å²) in [5.41, 5.74) is 2.63. The molecule has 0 aliphatic heterocycles. The summed E-state index contributed by atoms with van der Waals surface area (Å²) in [5, 5.41) is 3.27. The van der Waals surface area contributed by atoms with Gasteiger partial charge < -0.3 is 5.32 Å². The number of nitrogens with one attached hydrogen (secondary N) is 2. The molecule has 0 spiro atoms. The number of sulfonamides is 1. The Morgan fingerprint density at radius 1 is 0.783 bits per heavy atom. The largest absolute Gasteiger partial charge is 0.383 e. The van der Waals surface area contributed by atoms with Crippen molar-refractivity contribution >= 4 is 21.4 Å². The fourth-order valence-electron chi connectivity index (χ4n) is 2.21. The standard InChI is InChI=1S/C18H24N2O2S/c1-13(2)15-5-11-18(12-6-15)23(21,22)20-17-9-7-16(8-10-17)19-14(3)4/h5-14,19-20H,1-4H3. The molecule has 0 bridgehead atoms. The Kier molecular flexibility index (Phi) is 5.31. The fourth-order valence-corrected chi connectivity index (χ4v) is 3.27. The van der Waals surface area contributed by atoms with E-state index >= 15 is 0 Å². The Hall–Kier alpha value is -2.01. The Labute approximate surface area is 139 Å². The van der Waals surface area contributed by atoms with E-state index in [0.29, 0.717) is 17.6 Å². The number of hydrogen-bond acceptors (Lipinski definition) is 3. The van der Waals surface area contributed by atoms with Crippen LogP contribution in [0.2, 0.25) is 0 Å². The van der Waals surface area contributed by atoms with E-state index in [0.717, 1.165) is 11.3 Å². The molecule has 0 aliphatic rings. The van der Waals surface area contributed by atoms with Crippen molar-refractivity contribution in [1.82, 2.24) is 0 Å². The van der Waals surface area contributed by atoms with Gasteiger partial charge in [-0.25, -0.2) is 8.42 Å². The molecule has 0 heterocycles. The van der Waals surface area contributed by atoms with Gasteiger partial charge in [-0.1, -0.05) is 26.0 Å². The second-order valence-corrected chi connectivity index (χ2v) is 7.89. The Morgan fingerprint density at radius 3 is 1.78 bits per heavy atom. The highest BCUT2D eigenvalue weighted by Crippen LogP contribution is 2.21. The van der Waals surface area contributed by atoms with Crippen molar-refractivity contribution in [3.8, 4) is 0 Å². The molecular weight excluding hydrogens is 308 g/mol. The van der Waals surface area contributed by atoms with Crippen LogP contribution in [0.3, 0.4) is 0 Å². The maximum Gasteiger partial charge on any atom is 0.261 e. The zero-order chi connectivity index (χ0) is 17.0. The highest BCUT2D eigenvalue weighted by Gasteiger charge is 2.14. The van der Waals surface area contributed by atoms with Gasteiger partial charge >= 0.3 is 0 Å². The first-order valence-electron chi connectivity index (χ1n) is 7.77. The summed E-state index contributed by atoms with van der Waals surface area (Å²) < 4.78 is 27.4. The first kappa shape index (κ1) is 17.3. The third-order valence-corrected chi connectivity index (χ3v) is 4.85. The van der Waals surface area contributed by atoms with Gasteiger partial charge in [0, 0.05) is 17.4 Å². The van der Waals surface area contributed by atoms with Gasteiger partial charge in [-0.2, -0.15) is 0 Å². The van der Waals surface area contributed by atoms with E-state index in [2.05, 4.69) is 37.7 Å². The minimum atomic E-state index is -3.56. The second kappa shape index (κ2) is 7.04. The van der Waals surface area contributed by atoms with E-state index in [-0.39, 0.29) is 4.90 Å². The van der Waals surface area contributed by atoms with Gasteiger partial charge in [0.15, 0.2) is 0 Å². The van der Waals surface area contributed by atoms with Gasteiger partial charge in [0.25, 0.3) is 10.0 Å². The first-order chi connectivity index (χ1) is 10.8. The average Bonchev–Trinajstić information content (AvgIpc) is 2.48. The smallest absolute Gasteiger partial charge is 0.261 e. The maximum atomic E-state index is 12.4. The Balaban J connectivity index is 2.14. The van der Waals surface area contributed by atoms with Gasteiger partial charge in [0.2, 0.25) is 0 Å². The third-order valence-electron chi connectivity index (χ3n) is 3.45. The quantitative estimate of drug-likeness (QED) is 0.822. The molecule has 0 aliphatic carbocycles. The van der Waals surface area contributed by atoms with Crippen molar-refractivity contribution in [1.29, 1.82) is 0 Å². The minimum Gasteiger partial charge on any atom is -0.383 e. The molecule has 23 heavy (non-hydrogen) atoms. The van der Waals surface area contributed by atoms with Crippen LogP contribution in [-0.2, 0) is 10.0 Å². The van der Waals surface area contributed by atoms with Crippen LogP contribution in [0.5, 0.6) is 0 Å². The van der Waals surface area contributed by atoms with Crippen LogP contribution in [0.4, 0.5) is 11.4 Å². The molecule has 2 aromatic rings. The lowest BCUT2D eigenvalue weighted by molar-refractivity contribution is 0.601. The highest BCUT2D eigenvalue weighted by atomic mass is 32.2. The van der Waals surface area contributed by atoms with Gasteiger partial charge in [-0.05, 0) is 61.7 Å². The van der Waals surface area contributed by atoms with Crippen molar-refractivity contribution in [2.45, 2.75) is 44.6 Å². The number of hydrogen-bond donors (Lipinski definition) is 2. The van der Waals surface area contributed by atoms with Crippen LogP contribution >= 0.6 is 0 Å². The summed E-state index contributed by atoms with van der Waals surface area (Å²) >= 11 is 0. The fraction of sp³-hybridized carbons (Fsp3) is 0.333. The number of rotatable bonds is 6. The highest BCUT2D eigenvalue weighted by molar-refractivity contribution is 7.92. The maximum absolute atomic E-state index is 12.4. The van der Waals surface area contributed by atoms with Gasteiger partial charge in [0.05, 0.1) is 4.90 Å². The van der Waals surface area contributed by atoms with Crippen LogP contribution in [0.15, 0.2) is 53.4 Å². The third kappa shape index (κ3) is 4.73. The molecule has 0 saturated heterocycles. The molecule has 2 rings (SSSR count). The SMILES string of the molecule is CC(C)Nc1ccc(NS(=O)(=O)c2ccc(C(C)C)cc2)cc1. The molecular formula is C18H24N2O2S. The zero-order valence-electron chi connectivity index (χ0n) is 14.0. The molecule has 124 valence electrons. The van der Waals surface area contributed by atoms with Gasteiger partial charge in [0.1, 0.15) is 0 Å². The van der Waals surface area contributed by atoms with Crippen LogP contribution < -0.4 is 10.0 Å². The monoisotopic (exact) mass is 332 g/mol. The summed E-state index contributed by atoms with van der Waals surface area (Å²) in [4.78, 5) is 0.270. The van der Waals surface area contributed by atoms with Crippen molar-refractivity contribution in [3.63, 3.8) is 0 Å². The predicted molar refractivity (Wildman–Crippen MR) is 96.5 cm³/mol. The minimum absolute atomic E-state index is 0.270. The Bertz CT molecular complexity index is 734. The second-order valence-electron chi connectivity index (χ2n) is 6.21. The number of anilines is 2. The van der Waals surface area contributed by atoms with Crippen molar-refractivity contribution < 1.29 is 8.42 Å². The topological polar surface area (TPSA) is 58.2 Å². The van der Waals surface area contributed by atoms with E-state index < -0.39 is 10.0 Å². The van der Waals surface area contributed by atoms with E-state index in [1.807, 2.05) is 24.3 Å². The molecule has 0 atom stereocenters. The van der Waals surface area contributed by atoms with Crippen molar-refractivity contribution in [2.75, 3.05) is 10.0 Å². The summed E-state index contributed by atoms with van der Waals surface area (Å²) in [6.45, 7) is 8.26. The molecule has 2 N–H and O–H groups in total. The molecule has 0 unspecified atom stereocenters. The predicted octanol–water partition coefficient (Wildman–Crippen LogP) is 4.43. The molecule has 0 aromatic heterocycles. The molecule has 0 radical (unpaired) electrons. The van der Waals surface area contributed by atoms with Gasteiger partial charge in [-0.3, -0.25) is 4.72 Å². The average molecular weight is 332 g/mol. The Morgan fingerprint density at radius 2 is 1.30 bits per heavy atom. The zero-order valence-corrected chi connectivity index (χ0v) is 14.8. The molecule has 5 heteroatoms. The lowest BCUT2D eigenvalue weighted by Gasteiger charge is -2.12. The number of benzene rings is 2. The molecule has 2 aromatic carbocycles. The first-order valence-corrected chi connectivity index (χ1v) is 9.25. The van der Waals surface area contributed by atoms with E-state index in [1.54, 1.807) is 24.3 Å². The summed E-state index contributed by atoms with van der Waals surface area (Å²) in [6.07, 6.45) is 0. The van der Waals surface area contributed by atoms with E-state index in [4.69, 9.17) is 0 Å². The summed E-state index contributed by atoms with van der Waals surface area (Å²) in [7, 11) is -3.56. The molecule has 0 saturated carbocycles. The van der Waals surface area contributed by atoms with E-state index in [1.165, 1.54) is 0 Å². The lowest BCUT2D eigenvalue weighted by Crippen LogP contribution is -2.13. The van der Waals surface area contributed by atoms with Crippen LogP contribution in [0.1, 0.15) is 39.2 Å². The van der Waals surface area contributed by atoms with Crippen molar-refractivity contribution in [2.24, 2.45) is 0 Å². The van der Waals surface area contributed by atoms with Crippen molar-refractivity contribution in [3.05, 3.63) is 54.1 Å². The molecule has 0 amide bonds. The summed E-state index contributed by atoms with van der Waals surface area (Å²) in [5.74, 6) is 0.376. The molecule has 0 fully saturated rings. The van der Waals surface area contributed by atoms with Gasteiger partial charge in [-0.15, -0.1) is 0 Å². The van der Waals surface area contributed by atoms with E-state index in [9.17, 15) is 8.42 Å². The van der Waals surface area contributed by atoms with Crippen LogP contribution in [0.25, 0.3) is 0 Å². The lowest BCUT2D eigenvalue weighted by atomic mass is 10.0. The summed E-state index contributed by atoms with van der Waals surface area (Å²) in [6, 6.07) is 14.6. The van der Waals surface area contributed by atoms with Crippen LogP contribution in [-0.4, -0.2) is 14.5 Å². The van der Waals surface area contributed by atoms with Crippen LogP contribution in [0, 0.1) is 0 Å². The molecule has 4 nitrogen and oxygen atoms in total. The normalized spacial score (nSPS) is 11.7.